The molecule has 0 saturated carbocycles. The Morgan fingerprint density at radius 1 is 1.24 bits per heavy atom. The molecule has 2 heterocycles. The van der Waals surface area contributed by atoms with Crippen molar-refractivity contribution < 1.29 is 28.4 Å². The highest BCUT2D eigenvalue weighted by Gasteiger charge is 2.32. The van der Waals surface area contributed by atoms with Crippen LogP contribution in [-0.4, -0.2) is 41.3 Å². The van der Waals surface area contributed by atoms with Crippen LogP contribution in [0.15, 0.2) is 75.4 Å². The number of para-hydroxylation sites is 1. The summed E-state index contributed by atoms with van der Waals surface area (Å²) in [7, 11) is 0. The smallest absolute Gasteiger partial charge is 0.338 e. The number of thiocarbonyl (C=S) groups is 1. The van der Waals surface area contributed by atoms with E-state index in [0.29, 0.717) is 39.0 Å². The van der Waals surface area contributed by atoms with Crippen LogP contribution >= 0.6 is 23.8 Å². The number of carbonyl (C=O) groups excluding carboxylic acids is 2. The average molecular weight is 598 g/mol. The topological polar surface area (TPSA) is 157 Å². The molecule has 0 radical (unpaired) electrons. The molecule has 0 spiro atoms. The highest BCUT2D eigenvalue weighted by molar-refractivity contribution is 7.80. The Morgan fingerprint density at radius 2 is 2.02 bits per heavy atom. The number of nitro benzene ring substituents is 1. The number of hydrogen-bond acceptors (Lipinski definition) is 9. The molecule has 0 aliphatic carbocycles. The van der Waals surface area contributed by atoms with Crippen molar-refractivity contribution in [3.8, 4) is 17.1 Å². The molecule has 2 aromatic carbocycles. The van der Waals surface area contributed by atoms with Gasteiger partial charge in [-0.15, -0.1) is 0 Å². The lowest BCUT2D eigenvalue weighted by Crippen LogP contribution is -2.45. The number of non-ortho nitro benzene ring substituents is 1. The minimum atomic E-state index is -0.659. The Bertz CT molecular complexity index is 1570. The van der Waals surface area contributed by atoms with Crippen molar-refractivity contribution in [3.05, 3.63) is 92.3 Å². The number of esters is 1. The largest absolute Gasteiger partial charge is 0.483 e. The molecule has 3 N–H and O–H groups in total. The van der Waals surface area contributed by atoms with Gasteiger partial charge in [-0.25, -0.2) is 10.2 Å². The number of allylic oxidation sites excluding steroid dienone is 1. The van der Waals surface area contributed by atoms with E-state index in [2.05, 4.69) is 21.2 Å². The molecule has 4 rings (SSSR count). The van der Waals surface area contributed by atoms with Crippen LogP contribution in [-0.2, 0) is 14.3 Å². The maximum Gasteiger partial charge on any atom is 0.338 e. The highest BCUT2D eigenvalue weighted by Crippen LogP contribution is 2.34. The van der Waals surface area contributed by atoms with E-state index in [4.69, 9.17) is 37.7 Å². The summed E-state index contributed by atoms with van der Waals surface area (Å²) in [5, 5.41) is 21.5. The normalized spacial score (nSPS) is 14.8. The molecule has 14 heteroatoms. The van der Waals surface area contributed by atoms with E-state index in [1.165, 1.54) is 24.4 Å². The summed E-state index contributed by atoms with van der Waals surface area (Å²) >= 11 is 11.4. The van der Waals surface area contributed by atoms with E-state index < -0.39 is 22.8 Å². The van der Waals surface area contributed by atoms with E-state index in [1.54, 1.807) is 50.2 Å². The third-order valence-corrected chi connectivity index (χ3v) is 6.34. The summed E-state index contributed by atoms with van der Waals surface area (Å²) in [6.07, 6.45) is 1.26. The zero-order valence-electron chi connectivity index (χ0n) is 21.8. The van der Waals surface area contributed by atoms with E-state index in [-0.39, 0.29) is 29.7 Å². The van der Waals surface area contributed by atoms with Gasteiger partial charge in [-0.2, -0.15) is 5.10 Å². The second-order valence-corrected chi connectivity index (χ2v) is 9.35. The second kappa shape index (κ2) is 13.1. The van der Waals surface area contributed by atoms with Crippen LogP contribution in [0.5, 0.6) is 5.75 Å². The van der Waals surface area contributed by atoms with Gasteiger partial charge in [0.1, 0.15) is 17.3 Å². The summed E-state index contributed by atoms with van der Waals surface area (Å²) in [5.74, 6) is -0.142. The maximum atomic E-state index is 12.7. The Kier molecular flexibility index (Phi) is 9.32. The molecule has 1 amide bonds. The molecule has 0 saturated heterocycles. The first-order valence-corrected chi connectivity index (χ1v) is 13.0. The van der Waals surface area contributed by atoms with E-state index in [0.717, 1.165) is 0 Å². The Hall–Kier alpha value is -4.75. The van der Waals surface area contributed by atoms with Gasteiger partial charge in [-0.05, 0) is 50.3 Å². The van der Waals surface area contributed by atoms with Crippen molar-refractivity contribution in [1.29, 1.82) is 0 Å². The third-order valence-electron chi connectivity index (χ3n) is 5.79. The number of halogens is 1. The Morgan fingerprint density at radius 3 is 2.78 bits per heavy atom. The fourth-order valence-electron chi connectivity index (χ4n) is 3.98. The number of nitrogens with zero attached hydrogens (tertiary/aromatic N) is 2. The second-order valence-electron chi connectivity index (χ2n) is 8.53. The molecule has 1 aliphatic rings. The minimum Gasteiger partial charge on any atom is -0.483 e. The first kappa shape index (κ1) is 29.2. The molecule has 212 valence electrons. The van der Waals surface area contributed by atoms with Crippen molar-refractivity contribution in [1.82, 2.24) is 16.1 Å². The lowest BCUT2D eigenvalue weighted by Gasteiger charge is -2.30. The number of benzene rings is 2. The average Bonchev–Trinajstić information content (AvgIpc) is 3.40. The van der Waals surface area contributed by atoms with Crippen LogP contribution in [0.3, 0.4) is 0 Å². The van der Waals surface area contributed by atoms with E-state index >= 15 is 0 Å². The minimum absolute atomic E-state index is 0.133. The summed E-state index contributed by atoms with van der Waals surface area (Å²) in [5.41, 5.74) is 4.03. The zero-order chi connectivity index (χ0) is 29.5. The maximum absolute atomic E-state index is 12.7. The number of hydrogen-bond donors (Lipinski definition) is 3. The number of hydrazone groups is 1. The quantitative estimate of drug-likeness (QED) is 0.101. The fraction of sp³-hybridized carbons (Fsp3) is 0.185. The molecule has 0 bridgehead atoms. The summed E-state index contributed by atoms with van der Waals surface area (Å²) in [6.45, 7) is 3.26. The van der Waals surface area contributed by atoms with Gasteiger partial charge in [0, 0.05) is 29.0 Å². The van der Waals surface area contributed by atoms with Gasteiger partial charge in [-0.3, -0.25) is 14.9 Å². The van der Waals surface area contributed by atoms with Gasteiger partial charge in [0.15, 0.2) is 11.7 Å². The summed E-state index contributed by atoms with van der Waals surface area (Å²) < 4.78 is 16.6. The zero-order valence-corrected chi connectivity index (χ0v) is 23.4. The molecular formula is C27H24ClN5O7S. The van der Waals surface area contributed by atoms with Crippen molar-refractivity contribution >= 4 is 52.7 Å². The lowest BCUT2D eigenvalue weighted by molar-refractivity contribution is -0.384. The van der Waals surface area contributed by atoms with Crippen molar-refractivity contribution in [2.75, 3.05) is 13.2 Å². The van der Waals surface area contributed by atoms with Gasteiger partial charge in [-0.1, -0.05) is 29.8 Å². The molecule has 12 nitrogen and oxygen atoms in total. The Labute approximate surface area is 244 Å². The van der Waals surface area contributed by atoms with Crippen LogP contribution < -0.4 is 20.8 Å². The van der Waals surface area contributed by atoms with Crippen LogP contribution in [0, 0.1) is 10.1 Å². The van der Waals surface area contributed by atoms with Crippen molar-refractivity contribution in [2.24, 2.45) is 5.10 Å². The molecule has 0 fully saturated rings. The van der Waals surface area contributed by atoms with Crippen molar-refractivity contribution in [3.63, 3.8) is 0 Å². The molecule has 41 heavy (non-hydrogen) atoms. The summed E-state index contributed by atoms with van der Waals surface area (Å²) in [4.78, 5) is 35.7. The number of rotatable bonds is 10. The van der Waals surface area contributed by atoms with Crippen LogP contribution in [0.2, 0.25) is 5.02 Å². The number of nitro groups is 1. The number of nitrogens with one attached hydrogen (secondary N) is 3. The Balaban J connectivity index is 1.41. The lowest BCUT2D eigenvalue weighted by atomic mass is 9.95. The highest BCUT2D eigenvalue weighted by atomic mass is 35.5. The number of furan rings is 1. The predicted molar refractivity (Wildman–Crippen MR) is 154 cm³/mol. The van der Waals surface area contributed by atoms with Gasteiger partial charge in [0.05, 0.1) is 34.4 Å². The molecule has 1 atom stereocenters. The molecule has 1 aromatic heterocycles. The van der Waals surface area contributed by atoms with Crippen molar-refractivity contribution in [2.45, 2.75) is 19.9 Å². The standard InChI is InChI=1S/C27H24ClN5O7S/c1-3-38-26(35)24-15(2)30-27(41)31-25(24)18-6-4-5-7-21(18)39-14-23(34)32-29-13-17-9-11-22(40-17)19-12-16(33(36)37)8-10-20(19)28/h4-13,25H,3,14H2,1-2H3,(H,32,34)(H2,30,31,41)/t25-/m1/s1. The van der Waals surface area contributed by atoms with Gasteiger partial charge in [0.2, 0.25) is 0 Å². The molecule has 0 unspecified atom stereocenters. The third kappa shape index (κ3) is 7.07. The van der Waals surface area contributed by atoms with Crippen LogP contribution in [0.1, 0.15) is 31.2 Å². The SMILES string of the molecule is CCOC(=O)C1=C(C)NC(=S)N[C@@H]1c1ccccc1OCC(=O)NN=Cc1ccc(-c2cc([N+](=O)[O-])ccc2Cl)o1. The van der Waals surface area contributed by atoms with E-state index in [9.17, 15) is 19.7 Å². The first-order valence-electron chi connectivity index (χ1n) is 12.2. The van der Waals surface area contributed by atoms with Gasteiger partial charge >= 0.3 is 5.97 Å². The number of ether oxygens (including phenoxy) is 2. The molecule has 3 aromatic rings. The van der Waals surface area contributed by atoms with Gasteiger partial charge < -0.3 is 24.5 Å². The molecule has 1 aliphatic heterocycles. The molecular weight excluding hydrogens is 574 g/mol. The van der Waals surface area contributed by atoms with E-state index in [1.807, 2.05) is 0 Å². The van der Waals surface area contributed by atoms with Gasteiger partial charge in [0.25, 0.3) is 11.6 Å². The number of carbonyl (C=O) groups is 2. The van der Waals surface area contributed by atoms with Crippen LogP contribution in [0.25, 0.3) is 11.3 Å². The first-order chi connectivity index (χ1) is 19.7. The number of amides is 1. The monoisotopic (exact) mass is 597 g/mol. The van der Waals surface area contributed by atoms with Crippen LogP contribution in [0.4, 0.5) is 5.69 Å². The fourth-order valence-corrected chi connectivity index (χ4v) is 4.46. The summed E-state index contributed by atoms with van der Waals surface area (Å²) in [6, 6.07) is 13.4. The predicted octanol–water partition coefficient (Wildman–Crippen LogP) is 4.39.